The van der Waals surface area contributed by atoms with E-state index in [4.69, 9.17) is 14.6 Å². The quantitative estimate of drug-likeness (QED) is 0.353. The molecule has 0 aliphatic rings. The van der Waals surface area contributed by atoms with Crippen LogP contribution in [0, 0.1) is 0 Å². The van der Waals surface area contributed by atoms with Crippen LogP contribution in [-0.2, 0) is 0 Å². The van der Waals surface area contributed by atoms with Crippen molar-refractivity contribution in [3.05, 3.63) is 24.3 Å². The lowest BCUT2D eigenvalue weighted by Gasteiger charge is -2.25. The number of para-hydroxylation sites is 2. The van der Waals surface area contributed by atoms with Crippen molar-refractivity contribution in [3.8, 4) is 11.5 Å². The van der Waals surface area contributed by atoms with Gasteiger partial charge in [0.25, 0.3) is 0 Å². The number of benzene rings is 1. The van der Waals surface area contributed by atoms with E-state index in [0.29, 0.717) is 49.9 Å². The molecule has 0 aliphatic heterocycles. The maximum atomic E-state index is 9.82. The SMILES string of the molecule is CCOc1ccccc1OCCN(O)CN([CH2][Al])CCO. The van der Waals surface area contributed by atoms with Crippen molar-refractivity contribution in [1.82, 2.24) is 9.96 Å². The third-order valence-corrected chi connectivity index (χ3v) is 3.31. The van der Waals surface area contributed by atoms with E-state index in [9.17, 15) is 5.21 Å². The predicted octanol–water partition coefficient (Wildman–Crippen LogP) is 0.533. The van der Waals surface area contributed by atoms with Gasteiger partial charge in [0.2, 0.25) is 0 Å². The predicted molar refractivity (Wildman–Crippen MR) is 80.9 cm³/mol. The van der Waals surface area contributed by atoms with Gasteiger partial charge < -0.3 is 24.7 Å². The lowest BCUT2D eigenvalue weighted by Crippen LogP contribution is -2.40. The Morgan fingerprint density at radius 1 is 1.14 bits per heavy atom. The number of ether oxygens (including phenoxy) is 2. The molecule has 2 radical (unpaired) electrons. The Morgan fingerprint density at radius 2 is 1.81 bits per heavy atom. The van der Waals surface area contributed by atoms with Crippen molar-refractivity contribution in [2.24, 2.45) is 0 Å². The van der Waals surface area contributed by atoms with E-state index >= 15 is 0 Å². The summed E-state index contributed by atoms with van der Waals surface area (Å²) in [4.78, 5) is 1.90. The summed E-state index contributed by atoms with van der Waals surface area (Å²) in [7, 11) is 0. The van der Waals surface area contributed by atoms with E-state index < -0.39 is 0 Å². The molecular weight excluding hydrogens is 287 g/mol. The van der Waals surface area contributed by atoms with Crippen LogP contribution in [0.3, 0.4) is 0 Å². The number of nitrogens with zero attached hydrogens (tertiary/aromatic N) is 2. The van der Waals surface area contributed by atoms with Crippen molar-refractivity contribution in [3.63, 3.8) is 0 Å². The Hall–Kier alpha value is -0.808. The van der Waals surface area contributed by atoms with Crippen molar-refractivity contribution < 1.29 is 19.8 Å². The van der Waals surface area contributed by atoms with Gasteiger partial charge in [-0.15, -0.1) is 0 Å². The maximum absolute atomic E-state index is 9.82. The van der Waals surface area contributed by atoms with Crippen LogP contribution in [0.2, 0.25) is 0 Å². The first kappa shape index (κ1) is 18.2. The van der Waals surface area contributed by atoms with E-state index in [2.05, 4.69) is 16.3 Å². The Kier molecular flexibility index (Phi) is 9.43. The molecule has 1 rings (SSSR count). The van der Waals surface area contributed by atoms with Crippen LogP contribution in [-0.4, -0.2) is 81.6 Å². The Balaban J connectivity index is 2.35. The van der Waals surface area contributed by atoms with E-state index in [-0.39, 0.29) is 6.61 Å². The van der Waals surface area contributed by atoms with Gasteiger partial charge in [0, 0.05) is 6.54 Å². The summed E-state index contributed by atoms with van der Waals surface area (Å²) in [5.74, 6) is 1.38. The fraction of sp³-hybridized carbons (Fsp3) is 0.571. The summed E-state index contributed by atoms with van der Waals surface area (Å²) >= 11 is 2.57. The molecule has 0 unspecified atom stereocenters. The van der Waals surface area contributed by atoms with Crippen LogP contribution in [0.15, 0.2) is 24.3 Å². The Morgan fingerprint density at radius 3 is 2.38 bits per heavy atom. The smallest absolute Gasteiger partial charge is 0.161 e. The van der Waals surface area contributed by atoms with Crippen LogP contribution < -0.4 is 9.47 Å². The largest absolute Gasteiger partial charge is 0.490 e. The van der Waals surface area contributed by atoms with Crippen LogP contribution in [0.5, 0.6) is 11.5 Å². The van der Waals surface area contributed by atoms with Crippen LogP contribution in [0.4, 0.5) is 0 Å². The highest BCUT2D eigenvalue weighted by Gasteiger charge is 2.08. The van der Waals surface area contributed by atoms with Gasteiger partial charge in [-0.25, -0.2) is 0 Å². The van der Waals surface area contributed by atoms with E-state index in [1.54, 1.807) is 0 Å². The monoisotopic (exact) mass is 310 g/mol. The topological polar surface area (TPSA) is 65.4 Å². The molecular formula is C14H23AlN2O4. The van der Waals surface area contributed by atoms with E-state index in [0.717, 1.165) is 0 Å². The number of aliphatic hydroxyl groups is 1. The van der Waals surface area contributed by atoms with Gasteiger partial charge in [-0.3, -0.25) is 0 Å². The highest BCUT2D eigenvalue weighted by molar-refractivity contribution is 6.08. The number of hydrogen-bond acceptors (Lipinski definition) is 6. The first-order valence-corrected chi connectivity index (χ1v) is 7.84. The molecule has 0 amide bonds. The van der Waals surface area contributed by atoms with Crippen molar-refractivity contribution >= 4 is 16.3 Å². The first-order valence-electron chi connectivity index (χ1n) is 7.03. The summed E-state index contributed by atoms with van der Waals surface area (Å²) in [6.45, 7) is 4.18. The zero-order valence-electron chi connectivity index (χ0n) is 12.4. The average molecular weight is 310 g/mol. The third kappa shape index (κ3) is 7.14. The van der Waals surface area contributed by atoms with Crippen molar-refractivity contribution in [2.75, 3.05) is 45.0 Å². The molecule has 0 spiro atoms. The summed E-state index contributed by atoms with van der Waals surface area (Å²) < 4.78 is 11.1. The zero-order chi connectivity index (χ0) is 15.5. The number of hydrogen-bond donors (Lipinski definition) is 2. The average Bonchev–Trinajstić information content (AvgIpc) is 2.49. The molecule has 0 bridgehead atoms. The minimum atomic E-state index is 0.0699. The molecule has 0 aliphatic carbocycles. The van der Waals surface area contributed by atoms with Gasteiger partial charge in [-0.2, -0.15) is 5.06 Å². The number of rotatable bonds is 11. The molecule has 0 aromatic heterocycles. The molecule has 0 fully saturated rings. The molecule has 1 aromatic carbocycles. The highest BCUT2D eigenvalue weighted by atomic mass is 27.0. The molecule has 116 valence electrons. The molecule has 1 aromatic rings. The summed E-state index contributed by atoms with van der Waals surface area (Å²) in [6, 6.07) is 7.47. The Bertz CT molecular complexity index is 395. The summed E-state index contributed by atoms with van der Waals surface area (Å²) in [6.07, 6.45) is 0. The molecule has 0 saturated carbocycles. The fourth-order valence-corrected chi connectivity index (χ4v) is 2.07. The zero-order valence-corrected chi connectivity index (χ0v) is 13.6. The Labute approximate surface area is 134 Å². The first-order chi connectivity index (χ1) is 10.2. The van der Waals surface area contributed by atoms with Gasteiger partial charge in [0.1, 0.15) is 22.9 Å². The molecule has 2 N–H and O–H groups in total. The summed E-state index contributed by atoms with van der Waals surface area (Å²) in [5, 5.41) is 20.6. The fourth-order valence-electron chi connectivity index (χ4n) is 1.77. The van der Waals surface area contributed by atoms with Crippen LogP contribution in [0.25, 0.3) is 0 Å². The lowest BCUT2D eigenvalue weighted by molar-refractivity contribution is -0.128. The van der Waals surface area contributed by atoms with Crippen LogP contribution >= 0.6 is 0 Å². The lowest BCUT2D eigenvalue weighted by atomic mass is 10.3. The van der Waals surface area contributed by atoms with Gasteiger partial charge in [0.05, 0.1) is 26.4 Å². The number of hydroxylamine groups is 2. The molecule has 21 heavy (non-hydrogen) atoms. The van der Waals surface area contributed by atoms with Crippen molar-refractivity contribution in [1.29, 1.82) is 0 Å². The van der Waals surface area contributed by atoms with Crippen molar-refractivity contribution in [2.45, 2.75) is 6.92 Å². The maximum Gasteiger partial charge on any atom is 0.161 e. The highest BCUT2D eigenvalue weighted by Crippen LogP contribution is 2.26. The standard InChI is InChI=1S/C14H23N2O4.Al/c1-3-19-13-6-4-5-7-14(13)20-11-9-16(18)12-15(2)8-10-17;/h4-7,17-18H,2-3,8-12H2,1H3;. The molecule has 7 heteroatoms. The normalized spacial score (nSPS) is 11.1. The van der Waals surface area contributed by atoms with Gasteiger partial charge in [0.15, 0.2) is 11.5 Å². The van der Waals surface area contributed by atoms with Gasteiger partial charge in [-0.1, -0.05) is 17.5 Å². The molecule has 0 heterocycles. The second-order valence-corrected chi connectivity index (χ2v) is 4.77. The van der Waals surface area contributed by atoms with E-state index in [1.807, 2.05) is 36.1 Å². The minimum Gasteiger partial charge on any atom is -0.490 e. The second kappa shape index (κ2) is 10.9. The van der Waals surface area contributed by atoms with Crippen LogP contribution in [0.1, 0.15) is 6.92 Å². The second-order valence-electron chi connectivity index (χ2n) is 4.40. The minimum absolute atomic E-state index is 0.0699. The molecule has 0 atom stereocenters. The van der Waals surface area contributed by atoms with Gasteiger partial charge in [-0.05, 0) is 19.1 Å². The molecule has 0 saturated heterocycles. The van der Waals surface area contributed by atoms with Gasteiger partial charge >= 0.3 is 0 Å². The summed E-state index contributed by atoms with van der Waals surface area (Å²) in [5.41, 5.74) is 0. The third-order valence-electron chi connectivity index (χ3n) is 2.79. The van der Waals surface area contributed by atoms with E-state index in [1.165, 1.54) is 5.06 Å². The molecule has 6 nitrogen and oxygen atoms in total. The number of aliphatic hydroxyl groups excluding tert-OH is 1.